The molecule has 0 N–H and O–H groups in total. The maximum atomic E-state index is 12.0. The molecule has 0 saturated heterocycles. The molecule has 0 fully saturated rings. The van der Waals surface area contributed by atoms with Crippen LogP contribution in [0.2, 0.25) is 0 Å². The summed E-state index contributed by atoms with van der Waals surface area (Å²) in [6, 6.07) is 21.6. The van der Waals surface area contributed by atoms with Gasteiger partial charge in [-0.2, -0.15) is 0 Å². The van der Waals surface area contributed by atoms with Crippen LogP contribution in [-0.4, -0.2) is 9.04 Å². The summed E-state index contributed by atoms with van der Waals surface area (Å²) in [7, 11) is -1.91. The highest BCUT2D eigenvalue weighted by Gasteiger charge is 2.11. The molecular formula is C14H15OSi. The molecule has 0 aliphatic carbocycles. The van der Waals surface area contributed by atoms with Crippen LogP contribution in [0.5, 0.6) is 0 Å². The van der Waals surface area contributed by atoms with Crippen LogP contribution in [-0.2, 0) is 16.9 Å². The van der Waals surface area contributed by atoms with Crippen LogP contribution in [0.3, 0.4) is 0 Å². The van der Waals surface area contributed by atoms with Crippen LogP contribution in [0.1, 0.15) is 11.1 Å². The van der Waals surface area contributed by atoms with Gasteiger partial charge >= 0.3 is 0 Å². The largest absolute Gasteiger partial charge is 0.301 e. The van der Waals surface area contributed by atoms with E-state index in [2.05, 4.69) is 0 Å². The molecule has 0 aliphatic heterocycles. The van der Waals surface area contributed by atoms with Crippen molar-refractivity contribution >= 4 is 9.04 Å². The summed E-state index contributed by atoms with van der Waals surface area (Å²) in [6.45, 7) is 0. The Balaban J connectivity index is 1.92. The first-order valence-electron chi connectivity index (χ1n) is 5.58. The van der Waals surface area contributed by atoms with Crippen LogP contribution < -0.4 is 0 Å². The lowest BCUT2D eigenvalue weighted by Gasteiger charge is -2.06. The van der Waals surface area contributed by atoms with Gasteiger partial charge in [0.2, 0.25) is 9.04 Å². The van der Waals surface area contributed by atoms with Gasteiger partial charge in [0.25, 0.3) is 0 Å². The second-order valence-corrected chi connectivity index (χ2v) is 6.06. The molecule has 2 rings (SSSR count). The molecule has 0 amide bonds. The zero-order valence-electron chi connectivity index (χ0n) is 9.17. The number of hydrogen-bond acceptors (Lipinski definition) is 0. The first-order valence-corrected chi connectivity index (χ1v) is 7.69. The van der Waals surface area contributed by atoms with Gasteiger partial charge in [0, 0.05) is 0 Å². The second kappa shape index (κ2) is 5.63. The smallest absolute Gasteiger partial charge is 0.230 e. The maximum Gasteiger partial charge on any atom is 0.230 e. The molecule has 16 heavy (non-hydrogen) atoms. The summed E-state index contributed by atoms with van der Waals surface area (Å²) in [6.07, 6.45) is 0. The molecule has 2 heteroatoms. The van der Waals surface area contributed by atoms with E-state index in [0.717, 1.165) is 12.1 Å². The van der Waals surface area contributed by atoms with E-state index in [1.54, 1.807) is 0 Å². The van der Waals surface area contributed by atoms with Crippen molar-refractivity contribution < 1.29 is 4.80 Å². The summed E-state index contributed by atoms with van der Waals surface area (Å²) in [5.74, 6) is 0. The Kier molecular flexibility index (Phi) is 3.91. The highest BCUT2D eigenvalue weighted by atomic mass is 28.3. The normalized spacial score (nSPS) is 10.6. The third-order valence-electron chi connectivity index (χ3n) is 2.61. The second-order valence-electron chi connectivity index (χ2n) is 4.00. The van der Waals surface area contributed by atoms with Crippen molar-refractivity contribution in [2.75, 3.05) is 0 Å². The van der Waals surface area contributed by atoms with E-state index in [1.807, 2.05) is 60.7 Å². The van der Waals surface area contributed by atoms with Crippen molar-refractivity contribution in [2.45, 2.75) is 12.1 Å². The van der Waals surface area contributed by atoms with Crippen molar-refractivity contribution in [1.29, 1.82) is 0 Å². The molecule has 2 aromatic rings. The summed E-state index contributed by atoms with van der Waals surface area (Å²) in [5, 5.41) is 0. The molecule has 0 atom stereocenters. The highest BCUT2D eigenvalue weighted by molar-refractivity contribution is 6.48. The minimum absolute atomic E-state index is 0.746. The maximum absolute atomic E-state index is 12.0. The third-order valence-corrected chi connectivity index (χ3v) is 4.47. The van der Waals surface area contributed by atoms with Crippen LogP contribution >= 0.6 is 0 Å². The Hall–Kier alpha value is -1.38. The lowest BCUT2D eigenvalue weighted by atomic mass is 10.2. The van der Waals surface area contributed by atoms with Gasteiger partial charge in [-0.1, -0.05) is 60.7 Å². The standard InChI is InChI=1S/C14H15OSi/c15-16(11-13-7-3-1-4-8-13)12-14-9-5-2-6-10-14/h1-10,16H,11-12H2. The average Bonchev–Trinajstić information content (AvgIpc) is 2.31. The predicted octanol–water partition coefficient (Wildman–Crippen LogP) is 2.70. The summed E-state index contributed by atoms with van der Waals surface area (Å²) in [4.78, 5) is 12.0. The predicted molar refractivity (Wildman–Crippen MR) is 68.1 cm³/mol. The van der Waals surface area contributed by atoms with Crippen molar-refractivity contribution in [3.05, 3.63) is 71.8 Å². The SMILES string of the molecule is [O][SiH](Cc1ccccc1)Cc1ccccc1. The van der Waals surface area contributed by atoms with E-state index in [-0.39, 0.29) is 0 Å². The average molecular weight is 227 g/mol. The molecule has 0 aliphatic rings. The van der Waals surface area contributed by atoms with E-state index >= 15 is 0 Å². The number of rotatable bonds is 4. The van der Waals surface area contributed by atoms with Crippen molar-refractivity contribution in [3.8, 4) is 0 Å². The van der Waals surface area contributed by atoms with Crippen molar-refractivity contribution in [1.82, 2.24) is 0 Å². The fraction of sp³-hybridized carbons (Fsp3) is 0.143. The van der Waals surface area contributed by atoms with Gasteiger partial charge in [0.1, 0.15) is 0 Å². The van der Waals surface area contributed by atoms with Crippen molar-refractivity contribution in [3.63, 3.8) is 0 Å². The Labute approximate surface area is 98.1 Å². The summed E-state index contributed by atoms with van der Waals surface area (Å²) < 4.78 is 0. The molecule has 0 bridgehead atoms. The molecule has 0 heterocycles. The fourth-order valence-corrected chi connectivity index (χ4v) is 3.57. The summed E-state index contributed by atoms with van der Waals surface area (Å²) in [5.41, 5.74) is 2.37. The Morgan fingerprint density at radius 2 is 1.06 bits per heavy atom. The first-order chi connectivity index (χ1) is 7.84. The third kappa shape index (κ3) is 3.33. The Bertz CT molecular complexity index is 372. The van der Waals surface area contributed by atoms with Gasteiger partial charge in [-0.3, -0.25) is 0 Å². The van der Waals surface area contributed by atoms with Crippen molar-refractivity contribution in [2.24, 2.45) is 0 Å². The molecule has 1 nitrogen and oxygen atoms in total. The quantitative estimate of drug-likeness (QED) is 0.716. The van der Waals surface area contributed by atoms with Gasteiger partial charge in [0.15, 0.2) is 0 Å². The van der Waals surface area contributed by atoms with E-state index in [1.165, 1.54) is 11.1 Å². The lowest BCUT2D eigenvalue weighted by molar-refractivity contribution is 0.443. The number of benzene rings is 2. The van der Waals surface area contributed by atoms with E-state index in [4.69, 9.17) is 0 Å². The zero-order valence-corrected chi connectivity index (χ0v) is 10.3. The zero-order chi connectivity index (χ0) is 11.2. The highest BCUT2D eigenvalue weighted by Crippen LogP contribution is 2.06. The van der Waals surface area contributed by atoms with E-state index in [0.29, 0.717) is 0 Å². The van der Waals surface area contributed by atoms with Gasteiger partial charge in [0.05, 0.1) is 0 Å². The van der Waals surface area contributed by atoms with Crippen LogP contribution in [0.4, 0.5) is 0 Å². The monoisotopic (exact) mass is 227 g/mol. The number of hydrogen-bond donors (Lipinski definition) is 0. The molecular weight excluding hydrogens is 212 g/mol. The molecule has 0 spiro atoms. The molecule has 0 unspecified atom stereocenters. The van der Waals surface area contributed by atoms with Crippen LogP contribution in [0.25, 0.3) is 0 Å². The van der Waals surface area contributed by atoms with Gasteiger partial charge in [-0.15, -0.1) is 0 Å². The topological polar surface area (TPSA) is 19.9 Å². The minimum Gasteiger partial charge on any atom is -0.301 e. The van der Waals surface area contributed by atoms with E-state index in [9.17, 15) is 4.80 Å². The Morgan fingerprint density at radius 1 is 0.688 bits per heavy atom. The van der Waals surface area contributed by atoms with Gasteiger partial charge in [-0.25, -0.2) is 0 Å². The molecule has 0 aromatic heterocycles. The van der Waals surface area contributed by atoms with Gasteiger partial charge in [-0.05, 0) is 23.2 Å². The fourth-order valence-electron chi connectivity index (χ4n) is 1.83. The van der Waals surface area contributed by atoms with Crippen LogP contribution in [0.15, 0.2) is 60.7 Å². The lowest BCUT2D eigenvalue weighted by Crippen LogP contribution is -2.18. The molecule has 0 saturated carbocycles. The van der Waals surface area contributed by atoms with E-state index < -0.39 is 9.04 Å². The first kappa shape index (κ1) is 11.1. The summed E-state index contributed by atoms with van der Waals surface area (Å²) >= 11 is 0. The molecule has 81 valence electrons. The minimum atomic E-state index is -1.91. The molecule has 1 radical (unpaired) electrons. The Morgan fingerprint density at radius 3 is 1.44 bits per heavy atom. The van der Waals surface area contributed by atoms with Gasteiger partial charge < -0.3 is 4.80 Å². The molecule has 2 aromatic carbocycles. The van der Waals surface area contributed by atoms with Crippen LogP contribution in [0, 0.1) is 0 Å².